The van der Waals surface area contributed by atoms with Crippen molar-refractivity contribution in [3.05, 3.63) is 58.7 Å². The van der Waals surface area contributed by atoms with Gasteiger partial charge in [0.15, 0.2) is 11.5 Å². The van der Waals surface area contributed by atoms with Crippen LogP contribution in [0.3, 0.4) is 0 Å². The van der Waals surface area contributed by atoms with Crippen molar-refractivity contribution in [2.75, 3.05) is 27.4 Å². The monoisotopic (exact) mass is 365 g/mol. The first-order valence-electron chi connectivity index (χ1n) is 9.14. The van der Waals surface area contributed by atoms with E-state index in [1.807, 2.05) is 35.2 Å². The van der Waals surface area contributed by atoms with Gasteiger partial charge in [-0.3, -0.25) is 4.79 Å². The third-order valence-corrected chi connectivity index (χ3v) is 5.16. The minimum absolute atomic E-state index is 0.0205. The second-order valence-corrected chi connectivity index (χ2v) is 6.78. The Labute approximate surface area is 159 Å². The summed E-state index contributed by atoms with van der Waals surface area (Å²) in [5.74, 6) is 2.40. The Kier molecular flexibility index (Phi) is 4.75. The van der Waals surface area contributed by atoms with E-state index in [2.05, 4.69) is 6.07 Å². The third kappa shape index (κ3) is 3.50. The summed E-state index contributed by atoms with van der Waals surface area (Å²) in [7, 11) is 3.26. The molecule has 2 heterocycles. The first-order chi connectivity index (χ1) is 13.2. The number of carbonyl (C=O) groups excluding carboxylic acids is 1. The molecule has 1 amide bonds. The van der Waals surface area contributed by atoms with Gasteiger partial charge in [0.2, 0.25) is 5.91 Å². The van der Waals surface area contributed by atoms with Gasteiger partial charge >= 0.3 is 0 Å². The largest absolute Gasteiger partial charge is 0.493 e. The van der Waals surface area contributed by atoms with Crippen LogP contribution in [0.15, 0.2) is 36.4 Å². The lowest BCUT2D eigenvalue weighted by Crippen LogP contribution is -2.34. The van der Waals surface area contributed by atoms with E-state index in [0.717, 1.165) is 42.1 Å². The number of hydrogen-bond donors (Lipinski definition) is 0. The molecule has 2 aliphatic rings. The molecular weight excluding hydrogens is 342 g/mol. The molecule has 0 aromatic heterocycles. The van der Waals surface area contributed by atoms with Crippen LogP contribution in [0.25, 0.3) is 6.08 Å². The summed E-state index contributed by atoms with van der Waals surface area (Å²) in [5.41, 5.74) is 4.54. The molecule has 0 N–H and O–H groups in total. The molecule has 0 saturated heterocycles. The fourth-order valence-corrected chi connectivity index (χ4v) is 3.65. The van der Waals surface area contributed by atoms with Gasteiger partial charge < -0.3 is 19.1 Å². The van der Waals surface area contributed by atoms with E-state index < -0.39 is 0 Å². The molecule has 0 atom stereocenters. The molecular formula is C22H23NO4. The molecule has 140 valence electrons. The third-order valence-electron chi connectivity index (χ3n) is 5.16. The summed E-state index contributed by atoms with van der Waals surface area (Å²) in [6.45, 7) is 2.02. The second-order valence-electron chi connectivity index (χ2n) is 6.78. The Morgan fingerprint density at radius 1 is 1.04 bits per heavy atom. The van der Waals surface area contributed by atoms with Gasteiger partial charge in [-0.2, -0.15) is 0 Å². The topological polar surface area (TPSA) is 48.0 Å². The highest BCUT2D eigenvalue weighted by atomic mass is 16.5. The Bertz CT molecular complexity index is 903. The number of ether oxygens (including phenoxy) is 3. The minimum Gasteiger partial charge on any atom is -0.493 e. The molecule has 5 nitrogen and oxygen atoms in total. The number of nitrogens with zero attached hydrogens (tertiary/aromatic N) is 1. The van der Waals surface area contributed by atoms with E-state index in [1.165, 1.54) is 11.1 Å². The van der Waals surface area contributed by atoms with Gasteiger partial charge in [0, 0.05) is 25.6 Å². The number of carbonyl (C=O) groups is 1. The first-order valence-corrected chi connectivity index (χ1v) is 9.14. The zero-order chi connectivity index (χ0) is 18.8. The molecule has 2 aromatic carbocycles. The molecule has 0 saturated carbocycles. The number of hydrogen-bond acceptors (Lipinski definition) is 4. The van der Waals surface area contributed by atoms with Crippen molar-refractivity contribution in [3.63, 3.8) is 0 Å². The Morgan fingerprint density at radius 3 is 2.59 bits per heavy atom. The smallest absolute Gasteiger partial charge is 0.246 e. The minimum atomic E-state index is 0.0205. The molecule has 0 fully saturated rings. The zero-order valence-electron chi connectivity index (χ0n) is 15.7. The van der Waals surface area contributed by atoms with Crippen LogP contribution >= 0.6 is 0 Å². The van der Waals surface area contributed by atoms with E-state index in [-0.39, 0.29) is 5.91 Å². The van der Waals surface area contributed by atoms with Gasteiger partial charge in [-0.05, 0) is 59.0 Å². The fraction of sp³-hybridized carbons (Fsp3) is 0.318. The number of fused-ring (bicyclic) bond motifs is 2. The van der Waals surface area contributed by atoms with Crippen LogP contribution in [0.4, 0.5) is 0 Å². The van der Waals surface area contributed by atoms with Crippen LogP contribution in [0, 0.1) is 0 Å². The molecule has 4 rings (SSSR count). The van der Waals surface area contributed by atoms with Crippen molar-refractivity contribution < 1.29 is 19.0 Å². The highest BCUT2D eigenvalue weighted by Gasteiger charge is 2.21. The molecule has 0 radical (unpaired) electrons. The van der Waals surface area contributed by atoms with Crippen molar-refractivity contribution in [3.8, 4) is 17.2 Å². The molecule has 0 aliphatic carbocycles. The molecule has 2 aliphatic heterocycles. The van der Waals surface area contributed by atoms with Gasteiger partial charge in [-0.25, -0.2) is 0 Å². The van der Waals surface area contributed by atoms with E-state index in [1.54, 1.807) is 20.3 Å². The molecule has 0 bridgehead atoms. The fourth-order valence-electron chi connectivity index (χ4n) is 3.65. The van der Waals surface area contributed by atoms with Crippen LogP contribution in [0.5, 0.6) is 17.2 Å². The van der Waals surface area contributed by atoms with Gasteiger partial charge in [0.1, 0.15) is 5.75 Å². The predicted octanol–water partition coefficient (Wildman–Crippen LogP) is 3.24. The average Bonchev–Trinajstić information content (AvgIpc) is 3.18. The quantitative estimate of drug-likeness (QED) is 0.781. The van der Waals surface area contributed by atoms with Crippen molar-refractivity contribution in [2.24, 2.45) is 0 Å². The average molecular weight is 365 g/mol. The van der Waals surface area contributed by atoms with Crippen molar-refractivity contribution in [1.29, 1.82) is 0 Å². The summed E-state index contributed by atoms with van der Waals surface area (Å²) in [6, 6.07) is 10.0. The van der Waals surface area contributed by atoms with Crippen LogP contribution in [-0.4, -0.2) is 38.2 Å². The summed E-state index contributed by atoms with van der Waals surface area (Å²) >= 11 is 0. The van der Waals surface area contributed by atoms with Gasteiger partial charge in [0.25, 0.3) is 0 Å². The normalized spacial score (nSPS) is 15.3. The van der Waals surface area contributed by atoms with Gasteiger partial charge in [0.05, 0.1) is 20.8 Å². The van der Waals surface area contributed by atoms with E-state index in [4.69, 9.17) is 14.2 Å². The number of amides is 1. The van der Waals surface area contributed by atoms with Crippen LogP contribution in [-0.2, 0) is 24.2 Å². The zero-order valence-corrected chi connectivity index (χ0v) is 15.7. The predicted molar refractivity (Wildman–Crippen MR) is 103 cm³/mol. The summed E-state index contributed by atoms with van der Waals surface area (Å²) < 4.78 is 16.3. The van der Waals surface area contributed by atoms with Crippen LogP contribution < -0.4 is 14.2 Å². The van der Waals surface area contributed by atoms with E-state index in [0.29, 0.717) is 18.8 Å². The first kappa shape index (κ1) is 17.5. The molecule has 27 heavy (non-hydrogen) atoms. The highest BCUT2D eigenvalue weighted by Crippen LogP contribution is 2.33. The molecule has 0 unspecified atom stereocenters. The summed E-state index contributed by atoms with van der Waals surface area (Å²) in [4.78, 5) is 14.5. The maximum absolute atomic E-state index is 12.7. The van der Waals surface area contributed by atoms with Gasteiger partial charge in [-0.15, -0.1) is 0 Å². The number of rotatable bonds is 4. The molecule has 5 heteroatoms. The second kappa shape index (κ2) is 7.35. The number of methoxy groups -OCH3 is 2. The van der Waals surface area contributed by atoms with E-state index in [9.17, 15) is 4.79 Å². The van der Waals surface area contributed by atoms with Crippen LogP contribution in [0.1, 0.15) is 22.3 Å². The summed E-state index contributed by atoms with van der Waals surface area (Å²) in [5, 5.41) is 0. The lowest BCUT2D eigenvalue weighted by atomic mass is 9.98. The van der Waals surface area contributed by atoms with Crippen molar-refractivity contribution >= 4 is 12.0 Å². The van der Waals surface area contributed by atoms with Crippen LogP contribution in [0.2, 0.25) is 0 Å². The SMILES string of the molecule is COc1cc2c(cc1OC)CN(C(=O)/C=C/c1ccc3c(c1)CCO3)CC2. The Morgan fingerprint density at radius 2 is 1.81 bits per heavy atom. The number of benzene rings is 2. The summed E-state index contributed by atoms with van der Waals surface area (Å²) in [6.07, 6.45) is 5.28. The lowest BCUT2D eigenvalue weighted by Gasteiger charge is -2.28. The van der Waals surface area contributed by atoms with Crippen molar-refractivity contribution in [1.82, 2.24) is 4.90 Å². The van der Waals surface area contributed by atoms with Gasteiger partial charge in [-0.1, -0.05) is 6.07 Å². The maximum Gasteiger partial charge on any atom is 0.246 e. The lowest BCUT2D eigenvalue weighted by molar-refractivity contribution is -0.126. The Hall–Kier alpha value is -2.95. The Balaban J connectivity index is 1.47. The van der Waals surface area contributed by atoms with Crippen molar-refractivity contribution in [2.45, 2.75) is 19.4 Å². The maximum atomic E-state index is 12.7. The van der Waals surface area contributed by atoms with E-state index >= 15 is 0 Å². The standard InChI is InChI=1S/C22H23NO4/c1-25-20-12-16-7-9-23(14-18(16)13-21(20)26-2)22(24)6-4-15-3-5-19-17(11-15)8-10-27-19/h3-6,11-13H,7-10,14H2,1-2H3/b6-4+. The molecule has 2 aromatic rings. The highest BCUT2D eigenvalue weighted by molar-refractivity contribution is 5.92. The molecule has 0 spiro atoms.